The van der Waals surface area contributed by atoms with Gasteiger partial charge in [0.25, 0.3) is 0 Å². The van der Waals surface area contributed by atoms with Crippen LogP contribution in [-0.4, -0.2) is 92.1 Å². The number of alkyl halides is 6. The molecule has 1 aliphatic heterocycles. The number of nitrogens with zero attached hydrogens (tertiary/aromatic N) is 4. The second-order valence-electron chi connectivity index (χ2n) is 11.9. The van der Waals surface area contributed by atoms with Gasteiger partial charge in [-0.3, -0.25) is 4.79 Å². The molecule has 0 radical (unpaired) electrons. The molecule has 0 unspecified atom stereocenters. The van der Waals surface area contributed by atoms with Gasteiger partial charge in [-0.15, -0.1) is 13.2 Å². The Morgan fingerprint density at radius 3 is 2.10 bits per heavy atom. The minimum absolute atomic E-state index is 0.0562. The largest absolute Gasteiger partial charge is 0.573 e. The zero-order valence-corrected chi connectivity index (χ0v) is 29.5. The van der Waals surface area contributed by atoms with Crippen LogP contribution in [0.3, 0.4) is 0 Å². The Bertz CT molecular complexity index is 1800. The molecule has 0 bridgehead atoms. The minimum atomic E-state index is -5.08. The summed E-state index contributed by atoms with van der Waals surface area (Å²) in [5.41, 5.74) is 0.833. The van der Waals surface area contributed by atoms with Crippen LogP contribution >= 0.6 is 15.9 Å². The first-order valence-corrected chi connectivity index (χ1v) is 18.0. The van der Waals surface area contributed by atoms with E-state index >= 15 is 0 Å². The average molecular weight is 814 g/mol. The summed E-state index contributed by atoms with van der Waals surface area (Å²) in [4.78, 5) is 33.7. The Morgan fingerprint density at radius 1 is 0.941 bits per heavy atom. The fourth-order valence-electron chi connectivity index (χ4n) is 5.70. The smallest absolute Gasteiger partial charge is 0.475 e. The molecule has 1 saturated heterocycles. The Morgan fingerprint density at radius 2 is 1.53 bits per heavy atom. The SMILES string of the molecule is CC(=O)N1CCN(c2nc(NCC3CCC(CNS(=O)(=O)c4ccc(Br)cc4OC(F)(F)F)CC3)nc3ccccc23)CC1.O=C(O)C(F)(F)F. The molecule has 1 aromatic heterocycles. The lowest BCUT2D eigenvalue weighted by molar-refractivity contribution is -0.275. The van der Waals surface area contributed by atoms with E-state index in [0.717, 1.165) is 54.5 Å². The maximum atomic E-state index is 12.9. The first-order valence-electron chi connectivity index (χ1n) is 15.7. The predicted octanol–water partition coefficient (Wildman–Crippen LogP) is 5.79. The Labute approximate surface area is 297 Å². The van der Waals surface area contributed by atoms with E-state index in [1.807, 2.05) is 29.2 Å². The normalized spacial score (nSPS) is 18.5. The van der Waals surface area contributed by atoms with Crippen LogP contribution in [0.4, 0.5) is 38.1 Å². The van der Waals surface area contributed by atoms with Crippen molar-refractivity contribution < 1.29 is 54.2 Å². The number of piperazine rings is 1. The van der Waals surface area contributed by atoms with Gasteiger partial charge in [-0.1, -0.05) is 28.1 Å². The summed E-state index contributed by atoms with van der Waals surface area (Å²) < 4.78 is 103. The molecule has 3 N–H and O–H groups in total. The Balaban J connectivity index is 0.000000755. The van der Waals surface area contributed by atoms with Crippen molar-refractivity contribution in [2.24, 2.45) is 11.8 Å². The van der Waals surface area contributed by atoms with Crippen molar-refractivity contribution in [2.75, 3.05) is 49.5 Å². The molecule has 5 rings (SSSR count). The van der Waals surface area contributed by atoms with E-state index in [9.17, 15) is 39.6 Å². The number of carboxylic acid groups (broad SMARTS) is 1. The molecule has 2 aromatic carbocycles. The number of carbonyl (C=O) groups is 2. The lowest BCUT2D eigenvalue weighted by Gasteiger charge is -2.35. The predicted molar refractivity (Wildman–Crippen MR) is 178 cm³/mol. The third-order valence-electron chi connectivity index (χ3n) is 8.35. The second kappa shape index (κ2) is 16.6. The standard InChI is InChI=1S/C29H34BrF3N6O4S.C2HF3O2/c1-19(40)38-12-14-39(15-13-38)27-23-4-2-3-5-24(23)36-28(37-27)34-17-20-6-8-21(9-7-20)18-35-44(41,42)26-11-10-22(30)16-25(26)43-29(31,32)33;3-2(4,5)1(6)7/h2-5,10-11,16,20-21,35H,6-9,12-15,17-18H2,1H3,(H,34,36,37);(H,6,7). The molecule has 3 aromatic rings. The first-order chi connectivity index (χ1) is 23.8. The number of nitrogens with one attached hydrogen (secondary N) is 2. The van der Waals surface area contributed by atoms with Crippen molar-refractivity contribution in [3.05, 3.63) is 46.9 Å². The fraction of sp³-hybridized carbons (Fsp3) is 0.484. The van der Waals surface area contributed by atoms with Gasteiger partial charge in [0.05, 0.1) is 5.52 Å². The third-order valence-corrected chi connectivity index (χ3v) is 10.3. The number of fused-ring (bicyclic) bond motifs is 1. The van der Waals surface area contributed by atoms with Gasteiger partial charge >= 0.3 is 18.5 Å². The summed E-state index contributed by atoms with van der Waals surface area (Å²) in [7, 11) is -4.23. The van der Waals surface area contributed by atoms with Gasteiger partial charge in [0.1, 0.15) is 10.7 Å². The number of benzene rings is 2. The number of para-hydroxylation sites is 1. The van der Waals surface area contributed by atoms with E-state index in [1.54, 1.807) is 6.92 Å². The van der Waals surface area contributed by atoms with Crippen LogP contribution in [0.1, 0.15) is 32.6 Å². The number of carbonyl (C=O) groups excluding carboxylic acids is 1. The molecule has 12 nitrogen and oxygen atoms in total. The highest BCUT2D eigenvalue weighted by molar-refractivity contribution is 9.10. The number of hydrogen-bond donors (Lipinski definition) is 3. The topological polar surface area (TPSA) is 154 Å². The lowest BCUT2D eigenvalue weighted by atomic mass is 9.82. The van der Waals surface area contributed by atoms with E-state index in [-0.39, 0.29) is 22.8 Å². The summed E-state index contributed by atoms with van der Waals surface area (Å²) in [5.74, 6) is -1.71. The van der Waals surface area contributed by atoms with Gasteiger partial charge in [-0.25, -0.2) is 22.9 Å². The van der Waals surface area contributed by atoms with Crippen molar-refractivity contribution in [3.63, 3.8) is 0 Å². The first kappa shape index (κ1) is 39.9. The average Bonchev–Trinajstić information content (AvgIpc) is 3.05. The van der Waals surface area contributed by atoms with Gasteiger partial charge in [-0.05, 0) is 67.9 Å². The number of rotatable bonds is 9. The number of hydrogen-bond acceptors (Lipinski definition) is 9. The molecule has 2 heterocycles. The van der Waals surface area contributed by atoms with E-state index in [4.69, 9.17) is 19.9 Å². The van der Waals surface area contributed by atoms with Crippen molar-refractivity contribution in [1.29, 1.82) is 0 Å². The van der Waals surface area contributed by atoms with Gasteiger partial charge < -0.3 is 25.0 Å². The Hall–Kier alpha value is -3.91. The zero-order valence-electron chi connectivity index (χ0n) is 27.1. The molecule has 2 aliphatic rings. The molecule has 51 heavy (non-hydrogen) atoms. The highest BCUT2D eigenvalue weighted by atomic mass is 79.9. The van der Waals surface area contributed by atoms with E-state index < -0.39 is 39.2 Å². The van der Waals surface area contributed by atoms with Crippen LogP contribution in [0.2, 0.25) is 0 Å². The van der Waals surface area contributed by atoms with E-state index in [0.29, 0.717) is 44.6 Å². The zero-order chi connectivity index (χ0) is 37.6. The fourth-order valence-corrected chi connectivity index (χ4v) is 7.27. The summed E-state index contributed by atoms with van der Waals surface area (Å²) in [6.45, 7) is 5.02. The number of carboxylic acids is 1. The van der Waals surface area contributed by atoms with Crippen LogP contribution in [-0.2, 0) is 19.6 Å². The quantitative estimate of drug-likeness (QED) is 0.227. The molecule has 1 aliphatic carbocycles. The van der Waals surface area contributed by atoms with Gasteiger partial charge in [0, 0.05) is 56.1 Å². The number of aromatic nitrogens is 2. The maximum absolute atomic E-state index is 12.9. The minimum Gasteiger partial charge on any atom is -0.475 e. The number of sulfonamides is 1. The lowest BCUT2D eigenvalue weighted by Crippen LogP contribution is -2.48. The van der Waals surface area contributed by atoms with Crippen LogP contribution in [0.15, 0.2) is 51.8 Å². The van der Waals surface area contributed by atoms with Crippen molar-refractivity contribution in [3.8, 4) is 5.75 Å². The third kappa shape index (κ3) is 11.5. The summed E-state index contributed by atoms with van der Waals surface area (Å²) >= 11 is 3.05. The number of aliphatic carboxylic acids is 1. The molecule has 280 valence electrons. The number of amides is 1. The molecular weight excluding hydrogens is 778 g/mol. The van der Waals surface area contributed by atoms with Gasteiger partial charge in [-0.2, -0.15) is 18.2 Å². The van der Waals surface area contributed by atoms with Crippen LogP contribution in [0.25, 0.3) is 10.9 Å². The maximum Gasteiger partial charge on any atom is 0.573 e. The molecule has 1 amide bonds. The Kier molecular flexibility index (Phi) is 13.0. The number of ether oxygens (including phenoxy) is 1. The summed E-state index contributed by atoms with van der Waals surface area (Å²) in [6, 6.07) is 11.3. The molecule has 0 spiro atoms. The molecule has 1 saturated carbocycles. The van der Waals surface area contributed by atoms with Gasteiger partial charge in [0.15, 0.2) is 5.75 Å². The van der Waals surface area contributed by atoms with Crippen LogP contribution in [0.5, 0.6) is 5.75 Å². The van der Waals surface area contributed by atoms with Gasteiger partial charge in [0.2, 0.25) is 21.9 Å². The van der Waals surface area contributed by atoms with Crippen molar-refractivity contribution in [1.82, 2.24) is 19.6 Å². The molecular formula is C31H35BrF6N6O6S. The monoisotopic (exact) mass is 812 g/mol. The van der Waals surface area contributed by atoms with Crippen LogP contribution in [0, 0.1) is 11.8 Å². The van der Waals surface area contributed by atoms with E-state index in [2.05, 4.69) is 35.6 Å². The van der Waals surface area contributed by atoms with Crippen molar-refractivity contribution in [2.45, 2.75) is 50.0 Å². The summed E-state index contributed by atoms with van der Waals surface area (Å²) in [5, 5.41) is 11.5. The second-order valence-corrected chi connectivity index (χ2v) is 14.6. The van der Waals surface area contributed by atoms with E-state index in [1.165, 1.54) is 6.07 Å². The number of halogens is 7. The number of anilines is 2. The summed E-state index contributed by atoms with van der Waals surface area (Å²) in [6.07, 6.45) is -6.86. The molecule has 20 heteroatoms. The molecule has 2 fully saturated rings. The highest BCUT2D eigenvalue weighted by Gasteiger charge is 2.38. The van der Waals surface area contributed by atoms with Crippen LogP contribution < -0.4 is 19.7 Å². The van der Waals surface area contributed by atoms with Crippen molar-refractivity contribution >= 4 is 60.5 Å². The molecule has 0 atom stereocenters. The highest BCUT2D eigenvalue weighted by Crippen LogP contribution is 2.34.